The van der Waals surface area contributed by atoms with Crippen LogP contribution in [0.25, 0.3) is 110 Å². The first-order chi connectivity index (χ1) is 35.6. The number of fused-ring (bicyclic) bond motifs is 16. The van der Waals surface area contributed by atoms with Gasteiger partial charge in [-0.1, -0.05) is 179 Å². The first kappa shape index (κ1) is 38.2. The zero-order chi connectivity index (χ0) is 48.4. The third kappa shape index (κ3) is 4.65. The Bertz CT molecular complexity index is 4700. The van der Waals surface area contributed by atoms with Gasteiger partial charge in [0.15, 0.2) is 0 Å². The Labute approximate surface area is 419 Å². The first-order valence-electron chi connectivity index (χ1n) is 26.1. The number of hydrogen-bond acceptors (Lipinski definition) is 1. The Hall–Kier alpha value is -8.60. The smallest absolute Gasteiger partial charge is 0.253 e. The average molecular weight is 917 g/mol. The fourth-order valence-corrected chi connectivity index (χ4v) is 14.4. The topological polar surface area (TPSA) is 13.1 Å². The van der Waals surface area contributed by atoms with E-state index in [-0.39, 0.29) is 12.1 Å². The fourth-order valence-electron chi connectivity index (χ4n) is 14.4. The molecule has 11 aromatic carbocycles. The quantitative estimate of drug-likeness (QED) is 0.161. The van der Waals surface area contributed by atoms with Crippen LogP contribution in [0.1, 0.15) is 51.7 Å². The molecule has 0 N–H and O–H groups in total. The lowest BCUT2D eigenvalue weighted by Crippen LogP contribution is -2.61. The maximum absolute atomic E-state index is 9.52. The molecule has 0 saturated heterocycles. The van der Waals surface area contributed by atoms with E-state index >= 15 is 0 Å². The van der Waals surface area contributed by atoms with E-state index < -0.39 is 5.89 Å². The highest BCUT2D eigenvalue weighted by molar-refractivity contribution is 7.01. The second kappa shape index (κ2) is 13.4. The van der Waals surface area contributed by atoms with Crippen molar-refractivity contribution >= 4 is 105 Å². The lowest BCUT2D eigenvalue weighted by molar-refractivity contribution is 0.661. The van der Waals surface area contributed by atoms with Crippen molar-refractivity contribution in [2.75, 3.05) is 4.90 Å². The monoisotopic (exact) mass is 916 g/mol. The van der Waals surface area contributed by atoms with Crippen molar-refractivity contribution in [3.05, 3.63) is 217 Å². The molecule has 3 nitrogen and oxygen atoms in total. The molecular weight excluding hydrogens is 870 g/mol. The van der Waals surface area contributed by atoms with Gasteiger partial charge in [0, 0.05) is 56.5 Å². The van der Waals surface area contributed by atoms with Crippen LogP contribution in [-0.4, -0.2) is 15.8 Å². The summed E-state index contributed by atoms with van der Waals surface area (Å²) in [6.45, 7) is 8.76. The number of para-hydroxylation sites is 1. The number of nitrogens with zero attached hydrogens (tertiary/aromatic N) is 3. The van der Waals surface area contributed by atoms with Gasteiger partial charge in [0.1, 0.15) is 0 Å². The Morgan fingerprint density at radius 3 is 1.96 bits per heavy atom. The van der Waals surface area contributed by atoms with E-state index in [0.717, 1.165) is 22.6 Å². The summed E-state index contributed by atoms with van der Waals surface area (Å²) in [6, 6.07) is 75.9. The van der Waals surface area contributed by atoms with Gasteiger partial charge in [-0.25, -0.2) is 0 Å². The minimum Gasteiger partial charge on any atom is -0.311 e. The Morgan fingerprint density at radius 1 is 0.444 bits per heavy atom. The summed E-state index contributed by atoms with van der Waals surface area (Å²) in [5.41, 5.74) is 25.9. The second-order valence-electron chi connectivity index (χ2n) is 21.5. The Morgan fingerprint density at radius 2 is 1.12 bits per heavy atom. The lowest BCUT2D eigenvalue weighted by Gasteiger charge is -2.41. The zero-order valence-electron chi connectivity index (χ0n) is 41.5. The van der Waals surface area contributed by atoms with Crippen LogP contribution < -0.4 is 21.3 Å². The van der Waals surface area contributed by atoms with Crippen LogP contribution in [0, 0.1) is 0 Å². The summed E-state index contributed by atoms with van der Waals surface area (Å²) < 4.78 is 14.8. The van der Waals surface area contributed by atoms with Crippen molar-refractivity contribution < 1.29 is 1.37 Å². The lowest BCUT2D eigenvalue weighted by atomic mass is 9.32. The van der Waals surface area contributed by atoms with Gasteiger partial charge in [-0.15, -0.1) is 0 Å². The van der Waals surface area contributed by atoms with Gasteiger partial charge < -0.3 is 14.0 Å². The summed E-state index contributed by atoms with van der Waals surface area (Å²) in [7, 11) is 0. The first-order valence-corrected chi connectivity index (χ1v) is 25.6. The van der Waals surface area contributed by atoms with Crippen LogP contribution in [0.3, 0.4) is 0 Å². The van der Waals surface area contributed by atoms with Crippen LogP contribution in [-0.2, 0) is 5.41 Å². The van der Waals surface area contributed by atoms with Crippen molar-refractivity contribution in [3.63, 3.8) is 0 Å². The standard InChI is InChI=1S/C68H46BN3/c1-38(2)41-30-32-55-54(34-41)69-64-58(70(55)42-18-6-5-7-19-42)35-43(71-56-27-15-25-48-46-22-11-10-21-45(46)47-24-14-17-40-29-33-57(71)63(60(40)47)62(48)56)36-59(64)72-66-44-20-9-8-16-39(44)28-31-49(66)51-37-53-61(65(69)67(51)72)50-23-12-13-26-52(50)68(53,3)4/h5-38H,1-4H3/i38D. The van der Waals surface area contributed by atoms with Crippen molar-refractivity contribution in [1.29, 1.82) is 0 Å². The molecule has 336 valence electrons. The molecule has 2 aliphatic carbocycles. The predicted octanol–water partition coefficient (Wildman–Crippen LogP) is 15.9. The second-order valence-corrected chi connectivity index (χ2v) is 21.5. The van der Waals surface area contributed by atoms with E-state index in [0.29, 0.717) is 0 Å². The molecule has 0 amide bonds. The van der Waals surface area contributed by atoms with Gasteiger partial charge >= 0.3 is 0 Å². The molecule has 0 saturated carbocycles. The third-order valence-electron chi connectivity index (χ3n) is 17.4. The highest BCUT2D eigenvalue weighted by Gasteiger charge is 2.48. The molecule has 13 aromatic rings. The molecule has 0 spiro atoms. The maximum atomic E-state index is 9.52. The minimum absolute atomic E-state index is 0.142. The Kier molecular flexibility index (Phi) is 7.12. The van der Waals surface area contributed by atoms with E-state index in [1.807, 2.05) is 13.8 Å². The summed E-state index contributed by atoms with van der Waals surface area (Å²) in [6.07, 6.45) is 0. The van der Waals surface area contributed by atoms with Crippen LogP contribution >= 0.6 is 0 Å². The molecule has 2 aliphatic heterocycles. The number of benzene rings is 11. The minimum atomic E-state index is -0.812. The molecule has 4 heteroatoms. The van der Waals surface area contributed by atoms with Crippen molar-refractivity contribution in [2.45, 2.75) is 39.0 Å². The zero-order valence-corrected chi connectivity index (χ0v) is 40.5. The Balaban J connectivity index is 1.10. The molecule has 4 heterocycles. The van der Waals surface area contributed by atoms with Gasteiger partial charge in [0.25, 0.3) is 6.71 Å². The molecule has 0 fully saturated rings. The van der Waals surface area contributed by atoms with Crippen molar-refractivity contribution in [3.8, 4) is 44.8 Å². The van der Waals surface area contributed by atoms with Gasteiger partial charge in [0.2, 0.25) is 0 Å². The summed E-state index contributed by atoms with van der Waals surface area (Å²) >= 11 is 0. The maximum Gasteiger partial charge on any atom is 0.253 e. The van der Waals surface area contributed by atoms with Crippen LogP contribution in [0.5, 0.6) is 0 Å². The normalized spacial score (nSPS) is 14.6. The van der Waals surface area contributed by atoms with Crippen LogP contribution in [0.15, 0.2) is 200 Å². The molecule has 4 aliphatic rings. The molecular formula is C68H46BN3. The number of anilines is 3. The van der Waals surface area contributed by atoms with E-state index in [4.69, 9.17) is 0 Å². The molecule has 72 heavy (non-hydrogen) atoms. The molecule has 0 radical (unpaired) electrons. The van der Waals surface area contributed by atoms with Gasteiger partial charge in [0.05, 0.1) is 27.8 Å². The number of rotatable bonds is 3. The molecule has 17 rings (SSSR count). The third-order valence-corrected chi connectivity index (χ3v) is 17.4. The number of hydrogen-bond donors (Lipinski definition) is 0. The van der Waals surface area contributed by atoms with Gasteiger partial charge in [-0.2, -0.15) is 0 Å². The molecule has 2 aromatic heterocycles. The highest BCUT2D eigenvalue weighted by atomic mass is 15.2. The van der Waals surface area contributed by atoms with Crippen LogP contribution in [0.2, 0.25) is 0 Å². The number of aromatic nitrogens is 2. The van der Waals surface area contributed by atoms with Crippen molar-refractivity contribution in [1.82, 2.24) is 9.13 Å². The van der Waals surface area contributed by atoms with Crippen molar-refractivity contribution in [2.24, 2.45) is 0 Å². The van der Waals surface area contributed by atoms with Gasteiger partial charge in [-0.3, -0.25) is 0 Å². The van der Waals surface area contributed by atoms with E-state index in [2.05, 4.69) is 228 Å². The van der Waals surface area contributed by atoms with Gasteiger partial charge in [-0.05, 0) is 137 Å². The van der Waals surface area contributed by atoms with E-state index in [9.17, 15) is 1.37 Å². The molecule has 0 atom stereocenters. The van der Waals surface area contributed by atoms with E-state index in [1.165, 1.54) is 137 Å². The summed E-state index contributed by atoms with van der Waals surface area (Å²) in [4.78, 5) is 2.54. The average Bonchev–Trinajstić information content (AvgIpc) is 3.99. The fraction of sp³-hybridized carbons (Fsp3) is 0.0882. The highest BCUT2D eigenvalue weighted by Crippen LogP contribution is 2.54. The molecule has 0 unspecified atom stereocenters. The van der Waals surface area contributed by atoms with Crippen LogP contribution in [0.4, 0.5) is 17.1 Å². The summed E-state index contributed by atoms with van der Waals surface area (Å²) in [5, 5.41) is 10.2. The van der Waals surface area contributed by atoms with E-state index in [1.54, 1.807) is 0 Å². The predicted molar refractivity (Wildman–Crippen MR) is 306 cm³/mol. The summed E-state index contributed by atoms with van der Waals surface area (Å²) in [5.74, 6) is -0.812. The SMILES string of the molecule is [2H]C(C)(C)c1ccc2c(c1)B1c3c(cc(-n4c5cccc6c5c5c7c(cccc7ccc54)-c4ccccc4-6)cc3-n3c4c1c1c(cc4c4ccc5ccccc5c43)C(C)(C)c3ccccc3-1)N2c1ccccc1. The molecule has 0 bridgehead atoms. The largest absolute Gasteiger partial charge is 0.311 e.